The lowest BCUT2D eigenvalue weighted by molar-refractivity contribution is 0.0925. The molecule has 1 aromatic carbocycles. The van der Waals surface area contributed by atoms with Gasteiger partial charge in [0.05, 0.1) is 13.1 Å². The van der Waals surface area contributed by atoms with E-state index in [1.165, 1.54) is 5.56 Å². The van der Waals surface area contributed by atoms with Gasteiger partial charge in [0, 0.05) is 38.8 Å². The number of ether oxygens (including phenoxy) is 1. The fourth-order valence-corrected chi connectivity index (χ4v) is 3.63. The van der Waals surface area contributed by atoms with E-state index < -0.39 is 0 Å². The van der Waals surface area contributed by atoms with E-state index in [9.17, 15) is 0 Å². The van der Waals surface area contributed by atoms with Gasteiger partial charge in [-0.25, -0.2) is 0 Å². The number of likely N-dealkylation sites (N-methyl/N-ethyl adjacent to an activating group) is 1. The zero-order valence-electron chi connectivity index (χ0n) is 19.6. The van der Waals surface area contributed by atoms with Gasteiger partial charge in [-0.15, -0.1) is 24.0 Å². The van der Waals surface area contributed by atoms with Crippen LogP contribution in [0, 0.1) is 12.8 Å². The molecule has 0 radical (unpaired) electrons. The fourth-order valence-electron chi connectivity index (χ4n) is 3.63. The number of piperazine rings is 1. The van der Waals surface area contributed by atoms with Crippen LogP contribution in [0.25, 0.3) is 0 Å². The van der Waals surface area contributed by atoms with Crippen molar-refractivity contribution in [3.8, 4) is 5.75 Å². The minimum absolute atomic E-state index is 0. The van der Waals surface area contributed by atoms with E-state index >= 15 is 0 Å². The normalized spacial score (nSPS) is 17.9. The maximum atomic E-state index is 6.03. The van der Waals surface area contributed by atoms with Crippen LogP contribution in [0.1, 0.15) is 33.3 Å². The standard InChI is InChI=1S/C23H41N5O.HI/c1-7-24-23(25-16-20(5)29-21-10-8-9-19(4)15-21)26-17-22(18(2)3)28-13-11-27(6)12-14-28;/h8-10,15,18,20,22H,7,11-14,16-17H2,1-6H3,(H2,24,25,26);1H. The molecule has 1 heterocycles. The van der Waals surface area contributed by atoms with Crippen LogP contribution >= 0.6 is 24.0 Å². The van der Waals surface area contributed by atoms with Crippen LogP contribution in [-0.2, 0) is 0 Å². The Morgan fingerprint density at radius 1 is 1.13 bits per heavy atom. The predicted octanol–water partition coefficient (Wildman–Crippen LogP) is 3.21. The van der Waals surface area contributed by atoms with Gasteiger partial charge in [-0.3, -0.25) is 9.89 Å². The van der Waals surface area contributed by atoms with Crippen LogP contribution in [-0.4, -0.2) is 80.8 Å². The summed E-state index contributed by atoms with van der Waals surface area (Å²) in [4.78, 5) is 9.91. The molecule has 0 saturated carbocycles. The molecule has 6 nitrogen and oxygen atoms in total. The van der Waals surface area contributed by atoms with Crippen molar-refractivity contribution in [2.75, 3.05) is 52.9 Å². The highest BCUT2D eigenvalue weighted by Crippen LogP contribution is 2.15. The molecular weight excluding hydrogens is 489 g/mol. The zero-order chi connectivity index (χ0) is 21.2. The molecule has 0 amide bonds. The molecule has 0 aliphatic carbocycles. The summed E-state index contributed by atoms with van der Waals surface area (Å²) >= 11 is 0. The lowest BCUT2D eigenvalue weighted by Crippen LogP contribution is -2.52. The molecule has 2 unspecified atom stereocenters. The highest BCUT2D eigenvalue weighted by Gasteiger charge is 2.24. The van der Waals surface area contributed by atoms with E-state index in [1.54, 1.807) is 0 Å². The minimum Gasteiger partial charge on any atom is -0.489 e. The topological polar surface area (TPSA) is 52.1 Å². The average molecular weight is 532 g/mol. The third-order valence-electron chi connectivity index (χ3n) is 5.44. The van der Waals surface area contributed by atoms with Gasteiger partial charge >= 0.3 is 0 Å². The number of guanidine groups is 1. The van der Waals surface area contributed by atoms with Crippen molar-refractivity contribution in [1.29, 1.82) is 0 Å². The Morgan fingerprint density at radius 3 is 2.43 bits per heavy atom. The lowest BCUT2D eigenvalue weighted by Gasteiger charge is -2.39. The highest BCUT2D eigenvalue weighted by molar-refractivity contribution is 14.0. The Bertz CT molecular complexity index is 632. The molecule has 1 aliphatic heterocycles. The van der Waals surface area contributed by atoms with Gasteiger partial charge in [0.15, 0.2) is 5.96 Å². The van der Waals surface area contributed by atoms with E-state index in [2.05, 4.69) is 74.2 Å². The molecule has 2 rings (SSSR count). The molecule has 172 valence electrons. The van der Waals surface area contributed by atoms with E-state index in [0.29, 0.717) is 18.5 Å². The number of aliphatic imine (C=N–C) groups is 1. The molecule has 1 saturated heterocycles. The summed E-state index contributed by atoms with van der Waals surface area (Å²) in [6.07, 6.45) is 0.0548. The summed E-state index contributed by atoms with van der Waals surface area (Å²) in [5.41, 5.74) is 1.21. The number of nitrogens with zero attached hydrogens (tertiary/aromatic N) is 3. The summed E-state index contributed by atoms with van der Waals surface area (Å²) in [7, 11) is 2.20. The second-order valence-corrected chi connectivity index (χ2v) is 8.50. The van der Waals surface area contributed by atoms with Crippen molar-refractivity contribution in [2.24, 2.45) is 10.9 Å². The van der Waals surface area contributed by atoms with Gasteiger partial charge < -0.3 is 20.3 Å². The van der Waals surface area contributed by atoms with Crippen molar-refractivity contribution in [1.82, 2.24) is 20.4 Å². The van der Waals surface area contributed by atoms with Gasteiger partial charge in [0.25, 0.3) is 0 Å². The summed E-state index contributed by atoms with van der Waals surface area (Å²) in [6, 6.07) is 8.66. The Labute approximate surface area is 200 Å². The second kappa shape index (κ2) is 14.1. The van der Waals surface area contributed by atoms with Gasteiger partial charge in [0.2, 0.25) is 0 Å². The zero-order valence-corrected chi connectivity index (χ0v) is 22.0. The summed E-state index contributed by atoms with van der Waals surface area (Å²) in [5, 5.41) is 6.82. The SMILES string of the molecule is CCNC(=NCC(C(C)C)N1CCN(C)CC1)NCC(C)Oc1cccc(C)c1.I. The van der Waals surface area contributed by atoms with Gasteiger partial charge in [-0.1, -0.05) is 26.0 Å². The first-order valence-electron chi connectivity index (χ1n) is 11.1. The Hall–Kier alpha value is -1.06. The largest absolute Gasteiger partial charge is 0.489 e. The van der Waals surface area contributed by atoms with E-state index in [4.69, 9.17) is 9.73 Å². The first-order chi connectivity index (χ1) is 13.9. The van der Waals surface area contributed by atoms with Crippen LogP contribution < -0.4 is 15.4 Å². The summed E-state index contributed by atoms with van der Waals surface area (Å²) in [6.45, 7) is 17.8. The van der Waals surface area contributed by atoms with Gasteiger partial charge in [-0.05, 0) is 51.4 Å². The van der Waals surface area contributed by atoms with Crippen LogP contribution in [0.15, 0.2) is 29.3 Å². The minimum atomic E-state index is 0. The second-order valence-electron chi connectivity index (χ2n) is 8.50. The van der Waals surface area contributed by atoms with E-state index in [1.807, 2.05) is 12.1 Å². The molecule has 30 heavy (non-hydrogen) atoms. The number of benzene rings is 1. The molecule has 0 aromatic heterocycles. The predicted molar refractivity (Wildman–Crippen MR) is 138 cm³/mol. The molecule has 1 aromatic rings. The number of halogens is 1. The number of nitrogens with one attached hydrogen (secondary N) is 2. The van der Waals surface area contributed by atoms with Crippen LogP contribution in [0.4, 0.5) is 0 Å². The Morgan fingerprint density at radius 2 is 1.83 bits per heavy atom. The maximum absolute atomic E-state index is 6.03. The van der Waals surface area contributed by atoms with Gasteiger partial charge in [-0.2, -0.15) is 0 Å². The van der Waals surface area contributed by atoms with E-state index in [0.717, 1.165) is 51.0 Å². The number of rotatable bonds is 9. The molecule has 0 spiro atoms. The average Bonchev–Trinajstić information content (AvgIpc) is 2.67. The Balaban J connectivity index is 0.00000450. The third kappa shape index (κ3) is 9.39. The van der Waals surface area contributed by atoms with Crippen LogP contribution in [0.5, 0.6) is 5.75 Å². The van der Waals surface area contributed by atoms with Crippen molar-refractivity contribution in [3.05, 3.63) is 29.8 Å². The molecule has 7 heteroatoms. The number of hydrogen-bond donors (Lipinski definition) is 2. The molecular formula is C23H42IN5O. The van der Waals surface area contributed by atoms with Crippen LogP contribution in [0.2, 0.25) is 0 Å². The molecule has 2 atom stereocenters. The smallest absolute Gasteiger partial charge is 0.191 e. The van der Waals surface area contributed by atoms with Crippen molar-refractivity contribution >= 4 is 29.9 Å². The van der Waals surface area contributed by atoms with Gasteiger partial charge in [0.1, 0.15) is 11.9 Å². The first-order valence-corrected chi connectivity index (χ1v) is 11.1. The third-order valence-corrected chi connectivity index (χ3v) is 5.44. The number of hydrogen-bond acceptors (Lipinski definition) is 4. The van der Waals surface area contributed by atoms with Crippen molar-refractivity contribution in [3.63, 3.8) is 0 Å². The quantitative estimate of drug-likeness (QED) is 0.291. The maximum Gasteiger partial charge on any atom is 0.191 e. The summed E-state index contributed by atoms with van der Waals surface area (Å²) < 4.78 is 6.03. The molecule has 2 N–H and O–H groups in total. The van der Waals surface area contributed by atoms with Crippen molar-refractivity contribution < 1.29 is 4.74 Å². The fraction of sp³-hybridized carbons (Fsp3) is 0.696. The summed E-state index contributed by atoms with van der Waals surface area (Å²) in [5.74, 6) is 2.36. The lowest BCUT2D eigenvalue weighted by atomic mass is 10.0. The van der Waals surface area contributed by atoms with E-state index in [-0.39, 0.29) is 30.1 Å². The molecule has 0 bridgehead atoms. The number of aryl methyl sites for hydroxylation is 1. The highest BCUT2D eigenvalue weighted by atomic mass is 127. The molecule has 1 fully saturated rings. The molecule has 1 aliphatic rings. The Kier molecular flexibility index (Phi) is 12.7. The monoisotopic (exact) mass is 531 g/mol. The first kappa shape index (κ1) is 27.0. The van der Waals surface area contributed by atoms with Crippen molar-refractivity contribution in [2.45, 2.75) is 46.8 Å². The van der Waals surface area contributed by atoms with Crippen LogP contribution in [0.3, 0.4) is 0 Å².